The average Bonchev–Trinajstić information content (AvgIpc) is 3.13. The molecule has 2 heterocycles. The lowest BCUT2D eigenvalue weighted by Gasteiger charge is -2.34. The lowest BCUT2D eigenvalue weighted by atomic mass is 10.2. The second-order valence-electron chi connectivity index (χ2n) is 6.36. The van der Waals surface area contributed by atoms with Crippen LogP contribution < -0.4 is 0 Å². The number of benzene rings is 1. The number of hydrogen-bond acceptors (Lipinski definition) is 6. The standard InChI is InChI=1S/C17H19N3O5S2/c1-12-3-4-13(2)15(11-12)27(24,25)19-9-7-18(8-10-19)17(21)14-5-6-16(26-14)20(22)23/h3-6,11H,7-10H2,1-2H3. The van der Waals surface area contributed by atoms with E-state index in [0.717, 1.165) is 16.9 Å². The van der Waals surface area contributed by atoms with E-state index >= 15 is 0 Å². The zero-order valence-corrected chi connectivity index (χ0v) is 16.5. The fourth-order valence-electron chi connectivity index (χ4n) is 2.95. The number of sulfonamides is 1. The van der Waals surface area contributed by atoms with E-state index in [4.69, 9.17) is 0 Å². The Balaban J connectivity index is 1.71. The van der Waals surface area contributed by atoms with Crippen molar-refractivity contribution in [2.45, 2.75) is 18.7 Å². The van der Waals surface area contributed by atoms with Crippen LogP contribution in [0.2, 0.25) is 0 Å². The van der Waals surface area contributed by atoms with Crippen LogP contribution in [0.1, 0.15) is 20.8 Å². The number of aryl methyl sites for hydroxylation is 2. The summed E-state index contributed by atoms with van der Waals surface area (Å²) in [7, 11) is -3.63. The molecule has 1 fully saturated rings. The first kappa shape index (κ1) is 19.5. The smallest absolute Gasteiger partial charge is 0.324 e. The number of thiophene rings is 1. The number of piperazine rings is 1. The third kappa shape index (κ3) is 3.87. The molecule has 1 amide bonds. The Morgan fingerprint density at radius 3 is 2.37 bits per heavy atom. The topological polar surface area (TPSA) is 101 Å². The first-order valence-electron chi connectivity index (χ1n) is 8.31. The number of carbonyl (C=O) groups is 1. The molecule has 8 nitrogen and oxygen atoms in total. The fourth-order valence-corrected chi connectivity index (χ4v) is 5.47. The highest BCUT2D eigenvalue weighted by molar-refractivity contribution is 7.89. The summed E-state index contributed by atoms with van der Waals surface area (Å²) in [4.78, 5) is 24.9. The minimum atomic E-state index is -3.63. The Bertz CT molecular complexity index is 992. The molecule has 0 bridgehead atoms. The molecule has 0 saturated carbocycles. The maximum Gasteiger partial charge on any atom is 0.324 e. The van der Waals surface area contributed by atoms with Gasteiger partial charge in [0.1, 0.15) is 0 Å². The van der Waals surface area contributed by atoms with E-state index in [0.29, 0.717) is 5.56 Å². The molecule has 144 valence electrons. The second-order valence-corrected chi connectivity index (χ2v) is 9.33. The Morgan fingerprint density at radius 1 is 1.11 bits per heavy atom. The van der Waals surface area contributed by atoms with Crippen LogP contribution in [-0.4, -0.2) is 54.6 Å². The van der Waals surface area contributed by atoms with Gasteiger partial charge >= 0.3 is 5.00 Å². The highest BCUT2D eigenvalue weighted by Gasteiger charge is 2.32. The van der Waals surface area contributed by atoms with Gasteiger partial charge in [0, 0.05) is 32.2 Å². The fraction of sp³-hybridized carbons (Fsp3) is 0.353. The molecule has 10 heteroatoms. The van der Waals surface area contributed by atoms with Crippen LogP contribution in [-0.2, 0) is 10.0 Å². The minimum Gasteiger partial charge on any atom is -0.335 e. The van der Waals surface area contributed by atoms with Crippen LogP contribution in [0.3, 0.4) is 0 Å². The summed E-state index contributed by atoms with van der Waals surface area (Å²) in [5, 5.41) is 10.7. The monoisotopic (exact) mass is 409 g/mol. The zero-order valence-electron chi connectivity index (χ0n) is 14.9. The van der Waals surface area contributed by atoms with Gasteiger partial charge in [0.05, 0.1) is 14.7 Å². The number of carbonyl (C=O) groups excluding carboxylic acids is 1. The normalized spacial score (nSPS) is 15.7. The summed E-state index contributed by atoms with van der Waals surface area (Å²) in [6, 6.07) is 8.05. The third-order valence-corrected chi connectivity index (χ3v) is 7.54. The van der Waals surface area contributed by atoms with Crippen LogP contribution in [0.5, 0.6) is 0 Å². The van der Waals surface area contributed by atoms with Crippen molar-refractivity contribution in [1.82, 2.24) is 9.21 Å². The molecule has 1 aromatic carbocycles. The number of rotatable bonds is 4. The molecule has 0 spiro atoms. The van der Waals surface area contributed by atoms with Crippen molar-refractivity contribution in [2.75, 3.05) is 26.2 Å². The minimum absolute atomic E-state index is 0.0884. The first-order valence-corrected chi connectivity index (χ1v) is 10.6. The molecule has 0 atom stereocenters. The van der Waals surface area contributed by atoms with Crippen molar-refractivity contribution in [1.29, 1.82) is 0 Å². The van der Waals surface area contributed by atoms with Crippen LogP contribution in [0.15, 0.2) is 35.2 Å². The molecule has 1 saturated heterocycles. The lowest BCUT2D eigenvalue weighted by Crippen LogP contribution is -2.50. The van der Waals surface area contributed by atoms with Gasteiger partial charge in [-0.15, -0.1) is 0 Å². The Kier molecular flexibility index (Phi) is 5.31. The lowest BCUT2D eigenvalue weighted by molar-refractivity contribution is -0.380. The number of nitro groups is 1. The van der Waals surface area contributed by atoms with E-state index in [-0.39, 0.29) is 46.9 Å². The second kappa shape index (κ2) is 7.37. The van der Waals surface area contributed by atoms with Crippen molar-refractivity contribution < 1.29 is 18.1 Å². The van der Waals surface area contributed by atoms with Gasteiger partial charge in [-0.3, -0.25) is 14.9 Å². The Morgan fingerprint density at radius 2 is 1.78 bits per heavy atom. The summed E-state index contributed by atoms with van der Waals surface area (Å²) >= 11 is 0.827. The number of amides is 1. The number of hydrogen-bond donors (Lipinski definition) is 0. The van der Waals surface area contributed by atoms with E-state index in [2.05, 4.69) is 0 Å². The van der Waals surface area contributed by atoms with Gasteiger partial charge in [-0.2, -0.15) is 4.31 Å². The molecule has 3 rings (SSSR count). The van der Waals surface area contributed by atoms with Gasteiger partial charge in [-0.25, -0.2) is 8.42 Å². The highest BCUT2D eigenvalue weighted by atomic mass is 32.2. The average molecular weight is 409 g/mol. The maximum atomic E-state index is 12.9. The van der Waals surface area contributed by atoms with E-state index in [1.165, 1.54) is 21.3 Å². The Hall–Kier alpha value is -2.30. The molecular formula is C17H19N3O5S2. The summed E-state index contributed by atoms with van der Waals surface area (Å²) in [5.74, 6) is -0.308. The van der Waals surface area contributed by atoms with Crippen molar-refractivity contribution in [3.8, 4) is 0 Å². The van der Waals surface area contributed by atoms with Gasteiger partial charge in [-0.1, -0.05) is 23.5 Å². The Labute approximate surface area is 161 Å². The van der Waals surface area contributed by atoms with Gasteiger partial charge < -0.3 is 4.90 Å². The predicted molar refractivity (Wildman–Crippen MR) is 102 cm³/mol. The summed E-state index contributed by atoms with van der Waals surface area (Å²) in [6.07, 6.45) is 0. The van der Waals surface area contributed by atoms with Crippen LogP contribution >= 0.6 is 11.3 Å². The maximum absolute atomic E-state index is 12.9. The van der Waals surface area contributed by atoms with Gasteiger partial charge in [-0.05, 0) is 37.1 Å². The van der Waals surface area contributed by atoms with Crippen molar-refractivity contribution >= 4 is 32.3 Å². The summed E-state index contributed by atoms with van der Waals surface area (Å²) in [6.45, 7) is 4.47. The van der Waals surface area contributed by atoms with Crippen molar-refractivity contribution in [3.05, 3.63) is 56.5 Å². The first-order chi connectivity index (χ1) is 12.7. The molecule has 1 aliphatic heterocycles. The molecule has 2 aromatic rings. The quantitative estimate of drug-likeness (QED) is 0.570. The third-order valence-electron chi connectivity index (χ3n) is 4.47. The van der Waals surface area contributed by atoms with Gasteiger partial charge in [0.2, 0.25) is 10.0 Å². The van der Waals surface area contributed by atoms with Gasteiger partial charge in [0.15, 0.2) is 0 Å². The van der Waals surface area contributed by atoms with E-state index in [1.807, 2.05) is 13.0 Å². The van der Waals surface area contributed by atoms with Crippen LogP contribution in [0, 0.1) is 24.0 Å². The van der Waals surface area contributed by atoms with Gasteiger partial charge in [0.25, 0.3) is 5.91 Å². The van der Waals surface area contributed by atoms with Crippen molar-refractivity contribution in [3.63, 3.8) is 0 Å². The molecule has 0 radical (unpaired) electrons. The van der Waals surface area contributed by atoms with E-state index in [1.54, 1.807) is 19.1 Å². The SMILES string of the molecule is Cc1ccc(C)c(S(=O)(=O)N2CCN(C(=O)c3ccc([N+](=O)[O-])s3)CC2)c1. The molecule has 1 aromatic heterocycles. The van der Waals surface area contributed by atoms with Crippen LogP contribution in [0.4, 0.5) is 5.00 Å². The largest absolute Gasteiger partial charge is 0.335 e. The van der Waals surface area contributed by atoms with Crippen LogP contribution in [0.25, 0.3) is 0 Å². The van der Waals surface area contributed by atoms with Crippen molar-refractivity contribution in [2.24, 2.45) is 0 Å². The molecule has 27 heavy (non-hydrogen) atoms. The van der Waals surface area contributed by atoms with E-state index in [9.17, 15) is 23.3 Å². The zero-order chi connectivity index (χ0) is 19.8. The van der Waals surface area contributed by atoms with E-state index < -0.39 is 14.9 Å². The summed E-state index contributed by atoms with van der Waals surface area (Å²) in [5.41, 5.74) is 1.55. The molecule has 0 N–H and O–H groups in total. The molecule has 0 unspecified atom stereocenters. The number of nitrogens with zero attached hydrogens (tertiary/aromatic N) is 3. The highest BCUT2D eigenvalue weighted by Crippen LogP contribution is 2.26. The summed E-state index contributed by atoms with van der Waals surface area (Å²) < 4.78 is 27.3. The molecule has 0 aliphatic carbocycles. The predicted octanol–water partition coefficient (Wildman–Crippen LogP) is 2.42. The molecule has 1 aliphatic rings. The molecular weight excluding hydrogens is 390 g/mol.